The average molecular weight is 463 g/mol. The summed E-state index contributed by atoms with van der Waals surface area (Å²) in [5, 5.41) is 0. The summed E-state index contributed by atoms with van der Waals surface area (Å²) in [6.45, 7) is 5.19. The first kappa shape index (κ1) is 26.4. The first-order valence-corrected chi connectivity index (χ1v) is 14.0. The molecule has 1 saturated carbocycles. The Labute approximate surface area is 208 Å². The monoisotopic (exact) mass is 462 g/mol. The van der Waals surface area contributed by atoms with Gasteiger partial charge in [-0.25, -0.2) is 9.97 Å². The average Bonchev–Trinajstić information content (AvgIpc) is 2.88. The second kappa shape index (κ2) is 15.7. The molecule has 0 amide bonds. The Hall–Kier alpha value is -2.16. The van der Waals surface area contributed by atoms with E-state index < -0.39 is 0 Å². The summed E-state index contributed by atoms with van der Waals surface area (Å²) in [6.07, 6.45) is 27.2. The second-order valence-corrected chi connectivity index (χ2v) is 10.1. The number of rotatable bonds is 15. The number of unbranched alkanes of at least 4 members (excludes halogenated alkanes) is 6. The van der Waals surface area contributed by atoms with Crippen molar-refractivity contribution in [3.05, 3.63) is 54.4 Å². The van der Waals surface area contributed by atoms with Gasteiger partial charge in [-0.3, -0.25) is 0 Å². The van der Waals surface area contributed by atoms with Crippen LogP contribution < -0.4 is 4.74 Å². The Morgan fingerprint density at radius 2 is 1.50 bits per heavy atom. The van der Waals surface area contributed by atoms with Crippen LogP contribution in [0, 0.1) is 11.8 Å². The van der Waals surface area contributed by atoms with Crippen molar-refractivity contribution in [1.29, 1.82) is 0 Å². The van der Waals surface area contributed by atoms with Crippen molar-refractivity contribution in [1.82, 2.24) is 9.97 Å². The lowest BCUT2D eigenvalue weighted by atomic mass is 9.79. The van der Waals surface area contributed by atoms with Crippen molar-refractivity contribution in [2.75, 3.05) is 6.61 Å². The minimum absolute atomic E-state index is 0.638. The van der Waals surface area contributed by atoms with Gasteiger partial charge in [0.2, 0.25) is 0 Å². The Balaban J connectivity index is 1.35. The highest BCUT2D eigenvalue weighted by Gasteiger charge is 2.18. The van der Waals surface area contributed by atoms with Gasteiger partial charge in [0.25, 0.3) is 0 Å². The summed E-state index contributed by atoms with van der Waals surface area (Å²) in [7, 11) is 0. The second-order valence-electron chi connectivity index (χ2n) is 10.1. The highest BCUT2D eigenvalue weighted by atomic mass is 16.5. The molecule has 0 radical (unpaired) electrons. The third-order valence-corrected chi connectivity index (χ3v) is 7.25. The van der Waals surface area contributed by atoms with E-state index in [2.05, 4.69) is 48.1 Å². The Morgan fingerprint density at radius 1 is 0.824 bits per heavy atom. The maximum atomic E-state index is 5.94. The lowest BCUT2D eigenvalue weighted by Crippen LogP contribution is -2.13. The van der Waals surface area contributed by atoms with E-state index in [1.165, 1.54) is 89.0 Å². The highest BCUT2D eigenvalue weighted by molar-refractivity contribution is 5.55. The quantitative estimate of drug-likeness (QED) is 0.196. The van der Waals surface area contributed by atoms with Crippen LogP contribution in [0.2, 0.25) is 0 Å². The first-order valence-electron chi connectivity index (χ1n) is 14.0. The standard InChI is InChI=1S/C31H46N2O/c1-3-5-7-8-10-13-28-24-32-31(33-25-28)29-19-21-30(22-20-29)34-23-11-14-27-17-15-26(16-18-27)12-9-6-4-2/h11,14,19-22,24-27H,3-10,12-13,15-18,23H2,1-2H3. The van der Waals surface area contributed by atoms with Gasteiger partial charge in [-0.1, -0.05) is 77.4 Å². The van der Waals surface area contributed by atoms with Crippen molar-refractivity contribution in [2.45, 2.75) is 104 Å². The van der Waals surface area contributed by atoms with Gasteiger partial charge in [0.05, 0.1) is 0 Å². The molecule has 3 nitrogen and oxygen atoms in total. The molecule has 0 atom stereocenters. The number of benzene rings is 1. The maximum Gasteiger partial charge on any atom is 0.159 e. The molecule has 186 valence electrons. The van der Waals surface area contributed by atoms with E-state index in [0.717, 1.165) is 35.4 Å². The summed E-state index contributed by atoms with van der Waals surface area (Å²) in [5.41, 5.74) is 2.27. The van der Waals surface area contributed by atoms with Gasteiger partial charge >= 0.3 is 0 Å². The molecule has 1 heterocycles. The van der Waals surface area contributed by atoms with E-state index in [-0.39, 0.29) is 0 Å². The van der Waals surface area contributed by atoms with Crippen molar-refractivity contribution in [3.8, 4) is 17.1 Å². The number of nitrogens with zero attached hydrogens (tertiary/aromatic N) is 2. The summed E-state index contributed by atoms with van der Waals surface area (Å²) in [4.78, 5) is 9.17. The van der Waals surface area contributed by atoms with Crippen molar-refractivity contribution in [3.63, 3.8) is 0 Å². The molecule has 1 aromatic carbocycles. The molecule has 34 heavy (non-hydrogen) atoms. The Morgan fingerprint density at radius 3 is 2.21 bits per heavy atom. The third kappa shape index (κ3) is 9.60. The van der Waals surface area contributed by atoms with Crippen molar-refractivity contribution < 1.29 is 4.74 Å². The lowest BCUT2D eigenvalue weighted by molar-refractivity contribution is 0.288. The topological polar surface area (TPSA) is 35.0 Å². The molecule has 2 aromatic rings. The van der Waals surface area contributed by atoms with Crippen LogP contribution in [0.3, 0.4) is 0 Å². The van der Waals surface area contributed by atoms with Gasteiger partial charge in [-0.2, -0.15) is 0 Å². The molecule has 3 rings (SSSR count). The zero-order valence-corrected chi connectivity index (χ0v) is 21.7. The molecule has 0 aliphatic heterocycles. The summed E-state index contributed by atoms with van der Waals surface area (Å²) in [6, 6.07) is 8.16. The van der Waals surface area contributed by atoms with Crippen LogP contribution in [-0.2, 0) is 6.42 Å². The smallest absolute Gasteiger partial charge is 0.159 e. The fourth-order valence-electron chi connectivity index (χ4n) is 5.01. The SMILES string of the molecule is CCCCCCCc1cnc(-c2ccc(OCC=CC3CCC(CCCCC)CC3)cc2)nc1. The fraction of sp³-hybridized carbons (Fsp3) is 0.613. The number of aryl methyl sites for hydroxylation is 1. The van der Waals surface area contributed by atoms with Gasteiger partial charge in [0.15, 0.2) is 5.82 Å². The summed E-state index contributed by atoms with van der Waals surface area (Å²) in [5.74, 6) is 3.40. The molecular formula is C31H46N2O. The number of hydrogen-bond acceptors (Lipinski definition) is 3. The van der Waals surface area contributed by atoms with Gasteiger partial charge < -0.3 is 4.74 Å². The zero-order chi connectivity index (χ0) is 23.8. The number of allylic oxidation sites excluding steroid dienone is 1. The van der Waals surface area contributed by atoms with Crippen molar-refractivity contribution >= 4 is 0 Å². The molecule has 1 aliphatic rings. The minimum Gasteiger partial charge on any atom is -0.490 e. The van der Waals surface area contributed by atoms with E-state index in [4.69, 9.17) is 4.74 Å². The molecule has 0 N–H and O–H groups in total. The third-order valence-electron chi connectivity index (χ3n) is 7.25. The number of hydrogen-bond donors (Lipinski definition) is 0. The normalized spacial score (nSPS) is 18.4. The predicted octanol–water partition coefficient (Wildman–Crippen LogP) is 8.98. The van der Waals surface area contributed by atoms with Crippen LogP contribution in [0.5, 0.6) is 5.75 Å². The first-order chi connectivity index (χ1) is 16.8. The minimum atomic E-state index is 0.638. The maximum absolute atomic E-state index is 5.94. The van der Waals surface area contributed by atoms with Crippen LogP contribution in [0.4, 0.5) is 0 Å². The van der Waals surface area contributed by atoms with E-state index in [1.54, 1.807) is 0 Å². The van der Waals surface area contributed by atoms with Gasteiger partial charge in [-0.15, -0.1) is 0 Å². The Kier molecular flexibility index (Phi) is 12.2. The molecule has 3 heteroatoms. The number of aromatic nitrogens is 2. The van der Waals surface area contributed by atoms with Crippen LogP contribution in [0.1, 0.15) is 103 Å². The largest absolute Gasteiger partial charge is 0.490 e. The molecule has 0 saturated heterocycles. The van der Waals surface area contributed by atoms with E-state index in [0.29, 0.717) is 6.61 Å². The lowest BCUT2D eigenvalue weighted by Gasteiger charge is -2.26. The van der Waals surface area contributed by atoms with E-state index in [9.17, 15) is 0 Å². The fourth-order valence-corrected chi connectivity index (χ4v) is 5.01. The van der Waals surface area contributed by atoms with Crippen LogP contribution in [0.25, 0.3) is 11.4 Å². The van der Waals surface area contributed by atoms with Crippen LogP contribution in [-0.4, -0.2) is 16.6 Å². The number of ether oxygens (including phenoxy) is 1. The van der Waals surface area contributed by atoms with E-state index in [1.807, 2.05) is 24.5 Å². The molecular weight excluding hydrogens is 416 g/mol. The molecule has 0 spiro atoms. The van der Waals surface area contributed by atoms with Gasteiger partial charge in [0, 0.05) is 18.0 Å². The van der Waals surface area contributed by atoms with Gasteiger partial charge in [-0.05, 0) is 80.2 Å². The van der Waals surface area contributed by atoms with E-state index >= 15 is 0 Å². The highest BCUT2D eigenvalue weighted by Crippen LogP contribution is 2.32. The molecule has 0 unspecified atom stereocenters. The summed E-state index contributed by atoms with van der Waals surface area (Å²) < 4.78 is 5.94. The zero-order valence-electron chi connectivity index (χ0n) is 21.7. The van der Waals surface area contributed by atoms with Crippen molar-refractivity contribution in [2.24, 2.45) is 11.8 Å². The Bertz CT molecular complexity index is 804. The van der Waals surface area contributed by atoms with Gasteiger partial charge in [0.1, 0.15) is 12.4 Å². The predicted molar refractivity (Wildman–Crippen MR) is 144 cm³/mol. The molecule has 1 aliphatic carbocycles. The molecule has 0 bridgehead atoms. The molecule has 1 fully saturated rings. The summed E-state index contributed by atoms with van der Waals surface area (Å²) >= 11 is 0. The van der Waals surface area contributed by atoms with Crippen LogP contribution in [0.15, 0.2) is 48.8 Å². The van der Waals surface area contributed by atoms with Crippen LogP contribution >= 0.6 is 0 Å². The molecule has 1 aromatic heterocycles.